The summed E-state index contributed by atoms with van der Waals surface area (Å²) in [6.07, 6.45) is 0. The van der Waals surface area contributed by atoms with Gasteiger partial charge in [-0.1, -0.05) is 47.0 Å². The van der Waals surface area contributed by atoms with Crippen LogP contribution in [0, 0.1) is 0 Å². The maximum atomic E-state index is 12.6. The second-order valence-electron chi connectivity index (χ2n) is 6.09. The minimum absolute atomic E-state index is 0.0498. The Labute approximate surface area is 155 Å². The van der Waals surface area contributed by atoms with Crippen LogP contribution < -0.4 is 4.90 Å². The molecule has 0 unspecified atom stereocenters. The van der Waals surface area contributed by atoms with Crippen molar-refractivity contribution in [2.24, 2.45) is 0 Å². The Bertz CT molecular complexity index is 896. The first-order valence-electron chi connectivity index (χ1n) is 8.32. The van der Waals surface area contributed by atoms with Crippen LogP contribution in [0.5, 0.6) is 0 Å². The lowest BCUT2D eigenvalue weighted by molar-refractivity contribution is -0.131. The van der Waals surface area contributed by atoms with Crippen LogP contribution in [-0.2, 0) is 11.3 Å². The minimum atomic E-state index is 0.0498. The summed E-state index contributed by atoms with van der Waals surface area (Å²) in [5.74, 6) is 0.629. The number of piperazine rings is 1. The van der Waals surface area contributed by atoms with Gasteiger partial charge in [-0.15, -0.1) is 0 Å². The molecule has 0 saturated carbocycles. The zero-order valence-electron chi connectivity index (χ0n) is 14.0. The zero-order chi connectivity index (χ0) is 17.9. The van der Waals surface area contributed by atoms with Gasteiger partial charge in [0.05, 0.1) is 5.69 Å². The topological polar surface area (TPSA) is 67.2 Å². The summed E-state index contributed by atoms with van der Waals surface area (Å²) in [5.41, 5.74) is 1.92. The molecule has 3 aromatic rings. The minimum Gasteiger partial charge on any atom is -0.335 e. The third kappa shape index (κ3) is 3.39. The Morgan fingerprint density at radius 1 is 1.00 bits per heavy atom. The molecule has 1 aliphatic heterocycles. The number of benzene rings is 2. The van der Waals surface area contributed by atoms with E-state index in [1.165, 1.54) is 0 Å². The Kier molecular flexibility index (Phi) is 4.53. The van der Waals surface area contributed by atoms with Crippen LogP contribution in [-0.4, -0.2) is 50.6 Å². The van der Waals surface area contributed by atoms with Crippen molar-refractivity contribution in [1.82, 2.24) is 25.1 Å². The van der Waals surface area contributed by atoms with E-state index >= 15 is 0 Å². The monoisotopic (exact) mass is 368 g/mol. The number of carbonyl (C=O) groups is 1. The molecule has 0 radical (unpaired) electrons. The largest absolute Gasteiger partial charge is 0.335 e. The van der Waals surface area contributed by atoms with Gasteiger partial charge in [-0.25, -0.2) is 0 Å². The van der Waals surface area contributed by atoms with Crippen molar-refractivity contribution < 1.29 is 4.79 Å². The fourth-order valence-corrected chi connectivity index (χ4v) is 3.10. The van der Waals surface area contributed by atoms with Gasteiger partial charge in [0.15, 0.2) is 0 Å². The number of halogens is 1. The van der Waals surface area contributed by atoms with Crippen LogP contribution in [0.3, 0.4) is 0 Å². The first-order chi connectivity index (χ1) is 12.7. The van der Waals surface area contributed by atoms with Crippen molar-refractivity contribution in [1.29, 1.82) is 0 Å². The highest BCUT2D eigenvalue weighted by Crippen LogP contribution is 2.19. The van der Waals surface area contributed by atoms with E-state index in [0.717, 1.165) is 11.3 Å². The molecule has 0 bridgehead atoms. The number of hydrogen-bond donors (Lipinski definition) is 0. The SMILES string of the molecule is O=C1CN(c2nnnn2-c2ccccc2)CCN1Cc1ccc(Cl)cc1. The Balaban J connectivity index is 1.47. The molecule has 0 spiro atoms. The molecule has 4 rings (SSSR count). The van der Waals surface area contributed by atoms with Crippen molar-refractivity contribution in [3.8, 4) is 5.69 Å². The molecule has 2 aromatic carbocycles. The first kappa shape index (κ1) is 16.5. The van der Waals surface area contributed by atoms with E-state index in [-0.39, 0.29) is 12.5 Å². The maximum absolute atomic E-state index is 12.6. The van der Waals surface area contributed by atoms with Gasteiger partial charge in [0, 0.05) is 24.7 Å². The van der Waals surface area contributed by atoms with Gasteiger partial charge < -0.3 is 9.80 Å². The summed E-state index contributed by atoms with van der Waals surface area (Å²) in [5, 5.41) is 12.6. The maximum Gasteiger partial charge on any atom is 0.250 e. The number of tetrazole rings is 1. The normalized spacial score (nSPS) is 14.7. The van der Waals surface area contributed by atoms with E-state index in [9.17, 15) is 4.79 Å². The number of amides is 1. The van der Waals surface area contributed by atoms with Gasteiger partial charge in [-0.05, 0) is 40.3 Å². The van der Waals surface area contributed by atoms with Crippen molar-refractivity contribution in [2.45, 2.75) is 6.54 Å². The number of rotatable bonds is 4. The molecule has 7 nitrogen and oxygen atoms in total. The fraction of sp³-hybridized carbons (Fsp3) is 0.222. The summed E-state index contributed by atoms with van der Waals surface area (Å²) in [7, 11) is 0. The number of carbonyl (C=O) groups excluding carboxylic acids is 1. The molecule has 2 heterocycles. The molecule has 8 heteroatoms. The average Bonchev–Trinajstić information content (AvgIpc) is 3.16. The number of hydrogen-bond acceptors (Lipinski definition) is 5. The van der Waals surface area contributed by atoms with Gasteiger partial charge >= 0.3 is 0 Å². The standard InChI is InChI=1S/C18H17ClN6O/c19-15-8-6-14(7-9-15)12-23-10-11-24(13-17(23)26)18-20-21-22-25(18)16-4-2-1-3-5-16/h1-9H,10-13H2. The lowest BCUT2D eigenvalue weighted by Gasteiger charge is -2.34. The summed E-state index contributed by atoms with van der Waals surface area (Å²) >= 11 is 5.92. The van der Waals surface area contributed by atoms with E-state index < -0.39 is 0 Å². The molecule has 1 aromatic heterocycles. The van der Waals surface area contributed by atoms with Crippen LogP contribution >= 0.6 is 11.6 Å². The van der Waals surface area contributed by atoms with Crippen molar-refractivity contribution >= 4 is 23.5 Å². The molecule has 1 amide bonds. The molecule has 132 valence electrons. The van der Waals surface area contributed by atoms with E-state index in [1.807, 2.05) is 64.4 Å². The Morgan fingerprint density at radius 3 is 2.50 bits per heavy atom. The van der Waals surface area contributed by atoms with Gasteiger partial charge in [0.1, 0.15) is 6.54 Å². The van der Waals surface area contributed by atoms with Gasteiger partial charge in [0.25, 0.3) is 5.95 Å². The van der Waals surface area contributed by atoms with E-state index in [0.29, 0.717) is 30.6 Å². The predicted octanol–water partition coefficient (Wildman–Crippen LogP) is 2.16. The van der Waals surface area contributed by atoms with E-state index in [1.54, 1.807) is 4.68 Å². The lowest BCUT2D eigenvalue weighted by Crippen LogP contribution is -2.50. The quantitative estimate of drug-likeness (QED) is 0.706. The Morgan fingerprint density at radius 2 is 1.77 bits per heavy atom. The van der Waals surface area contributed by atoms with Crippen LogP contribution in [0.1, 0.15) is 5.56 Å². The Hall–Kier alpha value is -2.93. The number of para-hydroxylation sites is 1. The third-order valence-corrected chi connectivity index (χ3v) is 4.59. The summed E-state index contributed by atoms with van der Waals surface area (Å²) in [4.78, 5) is 16.4. The molecular formula is C18H17ClN6O. The molecular weight excluding hydrogens is 352 g/mol. The summed E-state index contributed by atoms with van der Waals surface area (Å²) in [6, 6.07) is 17.2. The van der Waals surface area contributed by atoms with Crippen molar-refractivity contribution in [3.63, 3.8) is 0 Å². The van der Waals surface area contributed by atoms with E-state index in [4.69, 9.17) is 11.6 Å². The molecule has 1 aliphatic rings. The lowest BCUT2D eigenvalue weighted by atomic mass is 10.2. The highest BCUT2D eigenvalue weighted by molar-refractivity contribution is 6.30. The van der Waals surface area contributed by atoms with Gasteiger partial charge in [0.2, 0.25) is 5.91 Å². The highest BCUT2D eigenvalue weighted by atomic mass is 35.5. The van der Waals surface area contributed by atoms with Crippen molar-refractivity contribution in [2.75, 3.05) is 24.5 Å². The number of anilines is 1. The molecule has 26 heavy (non-hydrogen) atoms. The third-order valence-electron chi connectivity index (χ3n) is 4.34. The fourth-order valence-electron chi connectivity index (χ4n) is 2.97. The van der Waals surface area contributed by atoms with E-state index in [2.05, 4.69) is 15.5 Å². The molecule has 1 saturated heterocycles. The number of aromatic nitrogens is 4. The highest BCUT2D eigenvalue weighted by Gasteiger charge is 2.27. The predicted molar refractivity (Wildman–Crippen MR) is 98.2 cm³/mol. The van der Waals surface area contributed by atoms with Crippen LogP contribution in [0.25, 0.3) is 5.69 Å². The van der Waals surface area contributed by atoms with Crippen LogP contribution in [0.15, 0.2) is 54.6 Å². The van der Waals surface area contributed by atoms with Crippen LogP contribution in [0.4, 0.5) is 5.95 Å². The van der Waals surface area contributed by atoms with Gasteiger partial charge in [-0.3, -0.25) is 4.79 Å². The average molecular weight is 369 g/mol. The van der Waals surface area contributed by atoms with Gasteiger partial charge in [-0.2, -0.15) is 4.68 Å². The zero-order valence-corrected chi connectivity index (χ0v) is 14.8. The van der Waals surface area contributed by atoms with Crippen molar-refractivity contribution in [3.05, 3.63) is 65.2 Å². The number of nitrogens with zero attached hydrogens (tertiary/aromatic N) is 6. The summed E-state index contributed by atoms with van der Waals surface area (Å²) < 4.78 is 1.65. The smallest absolute Gasteiger partial charge is 0.250 e. The second-order valence-corrected chi connectivity index (χ2v) is 6.53. The molecule has 0 N–H and O–H groups in total. The second kappa shape index (κ2) is 7.13. The first-order valence-corrected chi connectivity index (χ1v) is 8.69. The molecule has 0 atom stereocenters. The summed E-state index contributed by atoms with van der Waals surface area (Å²) in [6.45, 7) is 2.11. The molecule has 1 fully saturated rings. The van der Waals surface area contributed by atoms with Crippen LogP contribution in [0.2, 0.25) is 5.02 Å². The molecule has 0 aliphatic carbocycles.